The zero-order valence-corrected chi connectivity index (χ0v) is 11.1. The molecule has 18 heavy (non-hydrogen) atoms. The molecule has 1 atom stereocenters. The van der Waals surface area contributed by atoms with Crippen molar-refractivity contribution in [2.45, 2.75) is 6.10 Å². The van der Waals surface area contributed by atoms with Crippen LogP contribution in [-0.2, 0) is 9.47 Å². The molecule has 2 N–H and O–H groups in total. The third kappa shape index (κ3) is 4.30. The Morgan fingerprint density at radius 2 is 1.83 bits per heavy atom. The van der Waals surface area contributed by atoms with E-state index in [0.717, 1.165) is 0 Å². The van der Waals surface area contributed by atoms with Gasteiger partial charge in [-0.3, -0.25) is 0 Å². The van der Waals surface area contributed by atoms with Crippen molar-refractivity contribution in [1.29, 1.82) is 0 Å². The van der Waals surface area contributed by atoms with Gasteiger partial charge in [-0.05, 0) is 0 Å². The van der Waals surface area contributed by atoms with Crippen molar-refractivity contribution >= 4 is 11.9 Å². The number of hydrogen-bond acceptors (Lipinski definition) is 8. The van der Waals surface area contributed by atoms with Crippen molar-refractivity contribution in [2.75, 3.05) is 52.2 Å². The Morgan fingerprint density at radius 3 is 2.39 bits per heavy atom. The van der Waals surface area contributed by atoms with Gasteiger partial charge in [0.15, 0.2) is 0 Å². The summed E-state index contributed by atoms with van der Waals surface area (Å²) in [5.74, 6) is 0.856. The van der Waals surface area contributed by atoms with E-state index in [-0.39, 0.29) is 12.1 Å². The molecule has 0 aliphatic heterocycles. The summed E-state index contributed by atoms with van der Waals surface area (Å²) >= 11 is 0. The minimum Gasteiger partial charge on any atom is -0.467 e. The molecule has 0 saturated carbocycles. The van der Waals surface area contributed by atoms with Crippen molar-refractivity contribution in [3.05, 3.63) is 0 Å². The first-order chi connectivity index (χ1) is 8.73. The van der Waals surface area contributed by atoms with Crippen LogP contribution in [0.3, 0.4) is 0 Å². The molecule has 1 heterocycles. The lowest BCUT2D eigenvalue weighted by Gasteiger charge is -2.15. The van der Waals surface area contributed by atoms with E-state index < -0.39 is 0 Å². The second kappa shape index (κ2) is 7.62. The molecule has 8 nitrogen and oxygen atoms in total. The summed E-state index contributed by atoms with van der Waals surface area (Å²) in [4.78, 5) is 12.2. The lowest BCUT2D eigenvalue weighted by Crippen LogP contribution is -2.27. The quantitative estimate of drug-likeness (QED) is 0.672. The largest absolute Gasteiger partial charge is 0.467 e. The van der Waals surface area contributed by atoms with E-state index in [9.17, 15) is 0 Å². The van der Waals surface area contributed by atoms with Crippen molar-refractivity contribution < 1.29 is 14.2 Å². The molecule has 0 aliphatic carbocycles. The SMILES string of the molecule is CNc1nc(NCC(COC)OC)nc(OC)n1. The van der Waals surface area contributed by atoms with Gasteiger partial charge in [0, 0.05) is 27.8 Å². The molecule has 0 spiro atoms. The molecular weight excluding hydrogens is 238 g/mol. The number of nitrogens with one attached hydrogen (secondary N) is 2. The highest BCUT2D eigenvalue weighted by molar-refractivity contribution is 5.35. The van der Waals surface area contributed by atoms with Crippen LogP contribution in [0.5, 0.6) is 6.01 Å². The van der Waals surface area contributed by atoms with E-state index in [1.807, 2.05) is 0 Å². The van der Waals surface area contributed by atoms with Gasteiger partial charge in [0.2, 0.25) is 11.9 Å². The van der Waals surface area contributed by atoms with Gasteiger partial charge in [0.05, 0.1) is 19.8 Å². The second-order valence-corrected chi connectivity index (χ2v) is 3.41. The van der Waals surface area contributed by atoms with Gasteiger partial charge in [-0.15, -0.1) is 0 Å². The van der Waals surface area contributed by atoms with Crippen LogP contribution in [-0.4, -0.2) is 62.6 Å². The van der Waals surface area contributed by atoms with Crippen molar-refractivity contribution in [3.63, 3.8) is 0 Å². The first-order valence-corrected chi connectivity index (χ1v) is 5.46. The van der Waals surface area contributed by atoms with Gasteiger partial charge in [0.25, 0.3) is 0 Å². The van der Waals surface area contributed by atoms with E-state index in [1.54, 1.807) is 21.3 Å². The second-order valence-electron chi connectivity index (χ2n) is 3.41. The molecule has 1 aromatic rings. The molecular formula is C10H19N5O3. The summed E-state index contributed by atoms with van der Waals surface area (Å²) in [6, 6.07) is 0.248. The molecule has 1 aromatic heterocycles. The zero-order valence-electron chi connectivity index (χ0n) is 11.1. The highest BCUT2D eigenvalue weighted by atomic mass is 16.5. The Morgan fingerprint density at radius 1 is 1.11 bits per heavy atom. The molecule has 0 aromatic carbocycles. The van der Waals surface area contributed by atoms with E-state index in [1.165, 1.54) is 7.11 Å². The number of methoxy groups -OCH3 is 3. The lowest BCUT2D eigenvalue weighted by molar-refractivity contribution is 0.0364. The van der Waals surface area contributed by atoms with Crippen LogP contribution in [0.25, 0.3) is 0 Å². The van der Waals surface area contributed by atoms with Crippen LogP contribution < -0.4 is 15.4 Å². The van der Waals surface area contributed by atoms with E-state index in [0.29, 0.717) is 25.0 Å². The fraction of sp³-hybridized carbons (Fsp3) is 0.700. The summed E-state index contributed by atoms with van der Waals surface area (Å²) in [6.45, 7) is 1.02. The monoisotopic (exact) mass is 257 g/mol. The van der Waals surface area contributed by atoms with Crippen LogP contribution in [0.2, 0.25) is 0 Å². The van der Waals surface area contributed by atoms with Gasteiger partial charge in [0.1, 0.15) is 0 Å². The predicted molar refractivity (Wildman–Crippen MR) is 67.1 cm³/mol. The minimum absolute atomic E-state index is 0.0733. The molecule has 0 bridgehead atoms. The van der Waals surface area contributed by atoms with E-state index in [2.05, 4.69) is 25.6 Å². The predicted octanol–water partition coefficient (Wildman–Crippen LogP) is -0.00480. The summed E-state index contributed by atoms with van der Waals surface area (Å²) in [5.41, 5.74) is 0. The minimum atomic E-state index is -0.0733. The van der Waals surface area contributed by atoms with Gasteiger partial charge in [-0.2, -0.15) is 15.0 Å². The van der Waals surface area contributed by atoms with Crippen LogP contribution >= 0.6 is 0 Å². The fourth-order valence-electron chi connectivity index (χ4n) is 1.24. The zero-order chi connectivity index (χ0) is 13.4. The van der Waals surface area contributed by atoms with Crippen molar-refractivity contribution in [1.82, 2.24) is 15.0 Å². The van der Waals surface area contributed by atoms with E-state index >= 15 is 0 Å². The van der Waals surface area contributed by atoms with Crippen LogP contribution in [0.4, 0.5) is 11.9 Å². The molecule has 0 fully saturated rings. The third-order valence-electron chi connectivity index (χ3n) is 2.19. The number of anilines is 2. The summed E-state index contributed by atoms with van der Waals surface area (Å²) in [7, 11) is 6.47. The summed E-state index contributed by atoms with van der Waals surface area (Å²) in [6.07, 6.45) is -0.0733. The molecule has 1 rings (SSSR count). The Bertz CT molecular complexity index is 341. The number of nitrogens with zero attached hydrogens (tertiary/aromatic N) is 3. The molecule has 0 aliphatic rings. The number of rotatable bonds is 8. The maximum absolute atomic E-state index is 5.22. The first-order valence-electron chi connectivity index (χ1n) is 5.46. The molecule has 0 saturated heterocycles. The number of aromatic nitrogens is 3. The first kappa shape index (κ1) is 14.4. The smallest absolute Gasteiger partial charge is 0.322 e. The van der Waals surface area contributed by atoms with Crippen molar-refractivity contribution in [2.24, 2.45) is 0 Å². The highest BCUT2D eigenvalue weighted by Gasteiger charge is 2.09. The molecule has 102 valence electrons. The lowest BCUT2D eigenvalue weighted by atomic mass is 10.4. The summed E-state index contributed by atoms with van der Waals surface area (Å²) < 4.78 is 15.2. The standard InChI is InChI=1S/C10H19N5O3/c1-11-8-13-9(15-10(14-8)18-4)12-5-7(17-3)6-16-2/h7H,5-6H2,1-4H3,(H2,11,12,13,14,15). The summed E-state index contributed by atoms with van der Waals surface area (Å²) in [5, 5.41) is 5.87. The molecule has 8 heteroatoms. The Hall–Kier alpha value is -1.67. The van der Waals surface area contributed by atoms with E-state index in [4.69, 9.17) is 14.2 Å². The van der Waals surface area contributed by atoms with Gasteiger partial charge >= 0.3 is 6.01 Å². The molecule has 0 radical (unpaired) electrons. The average Bonchev–Trinajstić information content (AvgIpc) is 2.42. The van der Waals surface area contributed by atoms with Crippen molar-refractivity contribution in [3.8, 4) is 6.01 Å². The topological polar surface area (TPSA) is 90.4 Å². The van der Waals surface area contributed by atoms with Crippen LogP contribution in [0.15, 0.2) is 0 Å². The molecule has 1 unspecified atom stereocenters. The fourth-order valence-corrected chi connectivity index (χ4v) is 1.24. The van der Waals surface area contributed by atoms with Crippen LogP contribution in [0.1, 0.15) is 0 Å². The number of ether oxygens (including phenoxy) is 3. The molecule has 0 amide bonds. The number of hydrogen-bond donors (Lipinski definition) is 2. The van der Waals surface area contributed by atoms with Crippen LogP contribution in [0, 0.1) is 0 Å². The van der Waals surface area contributed by atoms with Gasteiger partial charge < -0.3 is 24.8 Å². The Kier molecular flexibility index (Phi) is 6.09. The highest BCUT2D eigenvalue weighted by Crippen LogP contribution is 2.10. The van der Waals surface area contributed by atoms with Gasteiger partial charge in [-0.25, -0.2) is 0 Å². The third-order valence-corrected chi connectivity index (χ3v) is 2.19. The normalized spacial score (nSPS) is 12.0. The van der Waals surface area contributed by atoms with Gasteiger partial charge in [-0.1, -0.05) is 0 Å². The Balaban J connectivity index is 2.65. The maximum atomic E-state index is 5.22. The Labute approximate surface area is 106 Å². The maximum Gasteiger partial charge on any atom is 0.322 e. The average molecular weight is 257 g/mol.